The van der Waals surface area contributed by atoms with Gasteiger partial charge in [-0.1, -0.05) is 24.3 Å². The van der Waals surface area contributed by atoms with Gasteiger partial charge in [-0.2, -0.15) is 4.98 Å². The zero-order chi connectivity index (χ0) is 23.9. The third kappa shape index (κ3) is 5.21. The number of hydrogen-bond donors (Lipinski definition) is 1. The Bertz CT molecular complexity index is 1270. The summed E-state index contributed by atoms with van der Waals surface area (Å²) in [5.41, 5.74) is 1.96. The molecule has 0 spiro atoms. The lowest BCUT2D eigenvalue weighted by atomic mass is 10.2. The number of nitrogens with zero attached hydrogens (tertiary/aromatic N) is 3. The Kier molecular flexibility index (Phi) is 7.14. The van der Waals surface area contributed by atoms with Crippen molar-refractivity contribution in [1.29, 1.82) is 0 Å². The molecule has 0 radical (unpaired) electrons. The highest BCUT2D eigenvalue weighted by atomic mass is 19.1. The Morgan fingerprint density at radius 3 is 2.53 bits per heavy atom. The van der Waals surface area contributed by atoms with Crippen LogP contribution in [0.2, 0.25) is 0 Å². The van der Waals surface area contributed by atoms with Crippen LogP contribution in [0.3, 0.4) is 0 Å². The van der Waals surface area contributed by atoms with Crippen LogP contribution in [0.4, 0.5) is 10.1 Å². The third-order valence-corrected chi connectivity index (χ3v) is 4.92. The van der Waals surface area contributed by atoms with E-state index in [0.29, 0.717) is 36.2 Å². The SMILES string of the molecule is COCCOc1nc(-c2cccc(OC)c2)n(-c2ccc(NC(=O)c3ccccc3F)cc2)n1. The lowest BCUT2D eigenvalue weighted by Gasteiger charge is -2.09. The van der Waals surface area contributed by atoms with Crippen molar-refractivity contribution in [3.8, 4) is 28.8 Å². The Morgan fingerprint density at radius 2 is 1.79 bits per heavy atom. The summed E-state index contributed by atoms with van der Waals surface area (Å²) in [6, 6.07) is 20.4. The Labute approximate surface area is 195 Å². The first kappa shape index (κ1) is 22.9. The highest BCUT2D eigenvalue weighted by Crippen LogP contribution is 2.27. The highest BCUT2D eigenvalue weighted by Gasteiger charge is 2.16. The van der Waals surface area contributed by atoms with E-state index in [9.17, 15) is 9.18 Å². The van der Waals surface area contributed by atoms with E-state index in [1.165, 1.54) is 18.2 Å². The lowest BCUT2D eigenvalue weighted by Crippen LogP contribution is -2.13. The summed E-state index contributed by atoms with van der Waals surface area (Å²) in [4.78, 5) is 16.9. The van der Waals surface area contributed by atoms with E-state index >= 15 is 0 Å². The maximum atomic E-state index is 13.9. The molecule has 0 aliphatic heterocycles. The van der Waals surface area contributed by atoms with E-state index < -0.39 is 11.7 Å². The van der Waals surface area contributed by atoms with Gasteiger partial charge in [0.1, 0.15) is 18.2 Å². The number of methoxy groups -OCH3 is 2. The fourth-order valence-corrected chi connectivity index (χ4v) is 3.23. The first-order valence-corrected chi connectivity index (χ1v) is 10.5. The first-order chi connectivity index (χ1) is 16.6. The molecule has 1 N–H and O–H groups in total. The molecule has 174 valence electrons. The van der Waals surface area contributed by atoms with Gasteiger partial charge in [0, 0.05) is 18.4 Å². The molecule has 34 heavy (non-hydrogen) atoms. The van der Waals surface area contributed by atoms with Gasteiger partial charge in [0.25, 0.3) is 5.91 Å². The van der Waals surface area contributed by atoms with Crippen molar-refractivity contribution in [2.24, 2.45) is 0 Å². The molecule has 1 heterocycles. The summed E-state index contributed by atoms with van der Waals surface area (Å²) in [6.07, 6.45) is 0. The van der Waals surface area contributed by atoms with Crippen molar-refractivity contribution in [2.45, 2.75) is 0 Å². The molecule has 9 heteroatoms. The van der Waals surface area contributed by atoms with E-state index in [2.05, 4.69) is 15.4 Å². The van der Waals surface area contributed by atoms with Crippen molar-refractivity contribution in [3.05, 3.63) is 84.2 Å². The van der Waals surface area contributed by atoms with Gasteiger partial charge in [-0.05, 0) is 48.5 Å². The van der Waals surface area contributed by atoms with Crippen LogP contribution in [-0.2, 0) is 4.74 Å². The average molecular weight is 462 g/mol. The minimum atomic E-state index is -0.580. The second-order valence-electron chi connectivity index (χ2n) is 7.18. The number of halogens is 1. The highest BCUT2D eigenvalue weighted by molar-refractivity contribution is 6.04. The van der Waals surface area contributed by atoms with Crippen LogP contribution < -0.4 is 14.8 Å². The average Bonchev–Trinajstić information content (AvgIpc) is 3.29. The number of carbonyl (C=O) groups is 1. The van der Waals surface area contributed by atoms with E-state index in [-0.39, 0.29) is 11.6 Å². The van der Waals surface area contributed by atoms with Crippen molar-refractivity contribution in [1.82, 2.24) is 14.8 Å². The number of rotatable bonds is 9. The molecule has 0 bridgehead atoms. The molecule has 8 nitrogen and oxygen atoms in total. The maximum Gasteiger partial charge on any atom is 0.336 e. The summed E-state index contributed by atoms with van der Waals surface area (Å²) in [6.45, 7) is 0.707. The second-order valence-corrected chi connectivity index (χ2v) is 7.18. The molecule has 0 unspecified atom stereocenters. The summed E-state index contributed by atoms with van der Waals surface area (Å²) in [5, 5.41) is 7.18. The van der Waals surface area contributed by atoms with Gasteiger partial charge in [-0.25, -0.2) is 9.07 Å². The maximum absolute atomic E-state index is 13.9. The van der Waals surface area contributed by atoms with Gasteiger partial charge < -0.3 is 19.5 Å². The van der Waals surface area contributed by atoms with Gasteiger partial charge in [-0.15, -0.1) is 5.10 Å². The number of carbonyl (C=O) groups excluding carboxylic acids is 1. The summed E-state index contributed by atoms with van der Waals surface area (Å²) < 4.78 is 31.5. The fraction of sp³-hybridized carbons (Fsp3) is 0.160. The largest absolute Gasteiger partial charge is 0.497 e. The summed E-state index contributed by atoms with van der Waals surface area (Å²) in [7, 11) is 3.18. The Morgan fingerprint density at radius 1 is 1.00 bits per heavy atom. The molecule has 0 saturated heterocycles. The zero-order valence-corrected chi connectivity index (χ0v) is 18.7. The normalized spacial score (nSPS) is 10.7. The molecule has 1 amide bonds. The van der Waals surface area contributed by atoms with Crippen LogP contribution in [-0.4, -0.2) is 48.1 Å². The molecule has 0 aliphatic carbocycles. The molecule has 1 aromatic heterocycles. The van der Waals surface area contributed by atoms with E-state index in [0.717, 1.165) is 5.56 Å². The van der Waals surface area contributed by atoms with E-state index in [4.69, 9.17) is 14.2 Å². The van der Waals surface area contributed by atoms with Crippen LogP contribution in [0.5, 0.6) is 11.8 Å². The van der Waals surface area contributed by atoms with Crippen LogP contribution in [0.15, 0.2) is 72.8 Å². The van der Waals surface area contributed by atoms with Gasteiger partial charge in [0.2, 0.25) is 0 Å². The molecule has 4 aromatic rings. The van der Waals surface area contributed by atoms with Crippen LogP contribution in [0, 0.1) is 5.82 Å². The molecule has 0 atom stereocenters. The van der Waals surface area contributed by atoms with Crippen molar-refractivity contribution < 1.29 is 23.4 Å². The number of benzene rings is 3. The molecule has 4 rings (SSSR count). The van der Waals surface area contributed by atoms with E-state index in [1.807, 2.05) is 24.3 Å². The summed E-state index contributed by atoms with van der Waals surface area (Å²) in [5.74, 6) is 0.121. The predicted octanol–water partition coefficient (Wildman–Crippen LogP) is 4.36. The third-order valence-electron chi connectivity index (χ3n) is 4.92. The molecular weight excluding hydrogens is 439 g/mol. The van der Waals surface area contributed by atoms with Crippen molar-refractivity contribution in [2.75, 3.05) is 32.8 Å². The number of hydrogen-bond acceptors (Lipinski definition) is 6. The molecule has 0 saturated carbocycles. The second kappa shape index (κ2) is 10.6. The topological polar surface area (TPSA) is 87.5 Å². The molecular formula is C25H23FN4O4. The van der Waals surface area contributed by atoms with Crippen molar-refractivity contribution in [3.63, 3.8) is 0 Å². The number of anilines is 1. The van der Waals surface area contributed by atoms with Gasteiger partial charge in [0.15, 0.2) is 5.82 Å². The Balaban J connectivity index is 1.62. The molecule has 3 aromatic carbocycles. The monoisotopic (exact) mass is 462 g/mol. The van der Waals surface area contributed by atoms with Gasteiger partial charge >= 0.3 is 6.01 Å². The quantitative estimate of drug-likeness (QED) is 0.372. The standard InChI is InChI=1S/C25H23FN4O4/c1-32-14-15-34-25-28-23(17-6-5-7-20(16-17)33-2)30(29-25)19-12-10-18(11-13-19)27-24(31)21-8-3-4-9-22(21)26/h3-13,16H,14-15H2,1-2H3,(H,27,31). The van der Waals surface area contributed by atoms with Crippen LogP contribution >= 0.6 is 0 Å². The number of amides is 1. The van der Waals surface area contributed by atoms with Crippen molar-refractivity contribution >= 4 is 11.6 Å². The number of nitrogens with one attached hydrogen (secondary N) is 1. The molecule has 0 aliphatic rings. The minimum absolute atomic E-state index is 0.0268. The summed E-state index contributed by atoms with van der Waals surface area (Å²) >= 11 is 0. The number of ether oxygens (including phenoxy) is 3. The zero-order valence-electron chi connectivity index (χ0n) is 18.7. The molecule has 0 fully saturated rings. The predicted molar refractivity (Wildman–Crippen MR) is 125 cm³/mol. The smallest absolute Gasteiger partial charge is 0.336 e. The first-order valence-electron chi connectivity index (χ1n) is 10.5. The van der Waals surface area contributed by atoms with Gasteiger partial charge in [0.05, 0.1) is 25.0 Å². The van der Waals surface area contributed by atoms with Gasteiger partial charge in [-0.3, -0.25) is 4.79 Å². The minimum Gasteiger partial charge on any atom is -0.497 e. The number of aromatic nitrogens is 3. The fourth-order valence-electron chi connectivity index (χ4n) is 3.23. The van der Waals surface area contributed by atoms with Crippen LogP contribution in [0.25, 0.3) is 17.1 Å². The Hall–Kier alpha value is -4.24. The van der Waals surface area contributed by atoms with Crippen LogP contribution in [0.1, 0.15) is 10.4 Å². The van der Waals surface area contributed by atoms with E-state index in [1.54, 1.807) is 49.2 Å². The lowest BCUT2D eigenvalue weighted by molar-refractivity contribution is 0.102.